The fourth-order valence-electron chi connectivity index (χ4n) is 2.43. The Hall–Kier alpha value is -2.34. The van der Waals surface area contributed by atoms with Gasteiger partial charge in [-0.25, -0.2) is 0 Å². The highest BCUT2D eigenvalue weighted by atomic mass is 16.3. The fraction of sp³-hybridized carbons (Fsp3) is 0.333. The topological polar surface area (TPSA) is 70.1 Å². The van der Waals surface area contributed by atoms with E-state index in [4.69, 9.17) is 0 Å². The van der Waals surface area contributed by atoms with Gasteiger partial charge >= 0.3 is 5.56 Å². The van der Waals surface area contributed by atoms with Crippen molar-refractivity contribution in [2.45, 2.75) is 6.92 Å². The van der Waals surface area contributed by atoms with Crippen LogP contribution in [0.5, 0.6) is 5.75 Å². The lowest BCUT2D eigenvalue weighted by atomic mass is 10.2. The van der Waals surface area contributed by atoms with E-state index in [0.717, 1.165) is 23.3 Å². The molecule has 6 nitrogen and oxygen atoms in total. The summed E-state index contributed by atoms with van der Waals surface area (Å²) in [6, 6.07) is 7.34. The minimum atomic E-state index is -0.602. The number of hydrogen-bond acceptors (Lipinski definition) is 4. The van der Waals surface area contributed by atoms with Gasteiger partial charge in [0, 0.05) is 26.2 Å². The average Bonchev–Trinajstić information content (AvgIpc) is 2.52. The van der Waals surface area contributed by atoms with E-state index in [0.29, 0.717) is 24.5 Å². The molecule has 3 rings (SSSR count). The van der Waals surface area contributed by atoms with E-state index >= 15 is 0 Å². The highest BCUT2D eigenvalue weighted by molar-refractivity contribution is 5.56. The molecule has 0 unspecified atom stereocenters. The Balaban J connectivity index is 2.00. The van der Waals surface area contributed by atoms with Crippen LogP contribution in [0.1, 0.15) is 5.56 Å². The molecule has 1 N–H and O–H groups in total. The number of piperazine rings is 1. The lowest BCUT2D eigenvalue weighted by Gasteiger charge is -2.28. The second kappa shape index (κ2) is 5.57. The first-order valence-electron chi connectivity index (χ1n) is 6.99. The summed E-state index contributed by atoms with van der Waals surface area (Å²) in [4.78, 5) is 14.2. The van der Waals surface area contributed by atoms with Crippen LogP contribution in [0, 0.1) is 6.92 Å². The third-order valence-electron chi connectivity index (χ3n) is 3.65. The SMILES string of the molecule is Cc1ccc(-n2ncc(N3CCNCC3)c([O])c2=O)cc1. The van der Waals surface area contributed by atoms with Crippen LogP contribution in [0.2, 0.25) is 0 Å². The quantitative estimate of drug-likeness (QED) is 0.897. The Morgan fingerprint density at radius 2 is 1.81 bits per heavy atom. The van der Waals surface area contributed by atoms with Gasteiger partial charge in [-0.15, -0.1) is 0 Å². The smallest absolute Gasteiger partial charge is 0.321 e. The first-order valence-corrected chi connectivity index (χ1v) is 6.99. The van der Waals surface area contributed by atoms with Crippen LogP contribution in [0.4, 0.5) is 5.69 Å². The summed E-state index contributed by atoms with van der Waals surface area (Å²) in [5.74, 6) is -0.493. The second-order valence-corrected chi connectivity index (χ2v) is 5.15. The van der Waals surface area contributed by atoms with Crippen LogP contribution in [-0.2, 0) is 5.11 Å². The van der Waals surface area contributed by atoms with Gasteiger partial charge in [-0.3, -0.25) is 9.90 Å². The monoisotopic (exact) mass is 285 g/mol. The standard InChI is InChI=1S/C15H17N4O2/c1-11-2-4-12(5-3-11)19-15(21)14(20)13(10-17-19)18-8-6-16-7-9-18/h2-5,10,16H,6-9H2,1H3. The Kier molecular flexibility index (Phi) is 3.62. The van der Waals surface area contributed by atoms with E-state index < -0.39 is 11.3 Å². The van der Waals surface area contributed by atoms with Gasteiger partial charge in [0.2, 0.25) is 0 Å². The summed E-state index contributed by atoms with van der Waals surface area (Å²) in [7, 11) is 0. The van der Waals surface area contributed by atoms with Crippen LogP contribution >= 0.6 is 0 Å². The largest absolute Gasteiger partial charge is 0.364 e. The van der Waals surface area contributed by atoms with Crippen LogP contribution in [0.25, 0.3) is 5.69 Å². The molecule has 6 heteroatoms. The molecule has 1 radical (unpaired) electrons. The van der Waals surface area contributed by atoms with E-state index in [1.807, 2.05) is 24.0 Å². The molecule has 1 saturated heterocycles. The summed E-state index contributed by atoms with van der Waals surface area (Å²) in [6.07, 6.45) is 1.49. The normalized spacial score (nSPS) is 15.2. The molecule has 1 aliphatic rings. The number of nitrogens with zero attached hydrogens (tertiary/aromatic N) is 3. The van der Waals surface area contributed by atoms with E-state index in [9.17, 15) is 9.90 Å². The Morgan fingerprint density at radius 3 is 2.48 bits per heavy atom. The number of nitrogens with one attached hydrogen (secondary N) is 1. The van der Waals surface area contributed by atoms with Gasteiger partial charge in [-0.05, 0) is 19.1 Å². The van der Waals surface area contributed by atoms with Crippen molar-refractivity contribution in [2.75, 3.05) is 31.1 Å². The van der Waals surface area contributed by atoms with Gasteiger partial charge in [-0.2, -0.15) is 9.78 Å². The molecular weight excluding hydrogens is 268 g/mol. The second-order valence-electron chi connectivity index (χ2n) is 5.15. The van der Waals surface area contributed by atoms with Gasteiger partial charge in [-0.1, -0.05) is 17.7 Å². The molecule has 0 bridgehead atoms. The van der Waals surface area contributed by atoms with Gasteiger partial charge in [0.15, 0.2) is 0 Å². The predicted octanol–water partition coefficient (Wildman–Crippen LogP) is 1.09. The number of anilines is 1. The van der Waals surface area contributed by atoms with Crippen LogP contribution in [0.15, 0.2) is 35.3 Å². The van der Waals surface area contributed by atoms with Crippen molar-refractivity contribution in [2.24, 2.45) is 0 Å². The van der Waals surface area contributed by atoms with E-state index in [-0.39, 0.29) is 0 Å². The third kappa shape index (κ3) is 2.62. The van der Waals surface area contributed by atoms with Crippen molar-refractivity contribution in [3.05, 3.63) is 46.4 Å². The predicted molar refractivity (Wildman–Crippen MR) is 79.8 cm³/mol. The van der Waals surface area contributed by atoms with Crippen molar-refractivity contribution in [3.63, 3.8) is 0 Å². The maximum atomic E-state index is 12.3. The maximum absolute atomic E-state index is 12.3. The van der Waals surface area contributed by atoms with E-state index in [2.05, 4.69) is 10.4 Å². The number of benzene rings is 1. The van der Waals surface area contributed by atoms with Gasteiger partial charge in [0.05, 0.1) is 11.9 Å². The highest BCUT2D eigenvalue weighted by Crippen LogP contribution is 2.23. The van der Waals surface area contributed by atoms with Crippen molar-refractivity contribution >= 4 is 5.69 Å². The molecular formula is C15H17N4O2. The molecule has 1 aliphatic heterocycles. The molecule has 1 aromatic heterocycles. The first-order chi connectivity index (χ1) is 10.2. The van der Waals surface area contributed by atoms with Crippen molar-refractivity contribution < 1.29 is 5.11 Å². The molecule has 2 heterocycles. The summed E-state index contributed by atoms with van der Waals surface area (Å²) in [6.45, 7) is 5.00. The molecule has 0 amide bonds. The Labute approximate surface area is 122 Å². The molecule has 1 aromatic carbocycles. The minimum absolute atomic E-state index is 0.393. The fourth-order valence-corrected chi connectivity index (χ4v) is 2.43. The number of aryl methyl sites for hydroxylation is 1. The highest BCUT2D eigenvalue weighted by Gasteiger charge is 2.20. The van der Waals surface area contributed by atoms with Crippen molar-refractivity contribution in [1.29, 1.82) is 0 Å². The molecule has 109 valence electrons. The summed E-state index contributed by atoms with van der Waals surface area (Å²) >= 11 is 0. The molecule has 1 fully saturated rings. The zero-order valence-corrected chi connectivity index (χ0v) is 11.9. The molecule has 2 aromatic rings. The molecule has 0 aliphatic carbocycles. The molecule has 0 spiro atoms. The maximum Gasteiger partial charge on any atom is 0.321 e. The number of rotatable bonds is 2. The van der Waals surface area contributed by atoms with Crippen LogP contribution in [-0.4, -0.2) is 36.0 Å². The Morgan fingerprint density at radius 1 is 1.14 bits per heavy atom. The zero-order valence-electron chi connectivity index (χ0n) is 11.9. The number of hydrogen-bond donors (Lipinski definition) is 1. The van der Waals surface area contributed by atoms with Gasteiger partial charge in [0.1, 0.15) is 5.69 Å². The van der Waals surface area contributed by atoms with Crippen LogP contribution < -0.4 is 15.8 Å². The summed E-state index contributed by atoms with van der Waals surface area (Å²) in [5, 5.41) is 19.7. The lowest BCUT2D eigenvalue weighted by molar-refractivity contribution is 0.343. The van der Waals surface area contributed by atoms with Crippen molar-refractivity contribution in [3.8, 4) is 11.4 Å². The zero-order chi connectivity index (χ0) is 14.8. The average molecular weight is 285 g/mol. The lowest BCUT2D eigenvalue weighted by Crippen LogP contribution is -2.44. The summed E-state index contributed by atoms with van der Waals surface area (Å²) < 4.78 is 1.16. The minimum Gasteiger partial charge on any atom is -0.364 e. The summed E-state index contributed by atoms with van der Waals surface area (Å²) in [5.41, 5.74) is 1.49. The number of aromatic nitrogens is 2. The first kappa shape index (κ1) is 13.6. The molecule has 21 heavy (non-hydrogen) atoms. The molecule has 0 saturated carbocycles. The van der Waals surface area contributed by atoms with Gasteiger partial charge in [0.25, 0.3) is 5.75 Å². The van der Waals surface area contributed by atoms with Crippen molar-refractivity contribution in [1.82, 2.24) is 15.1 Å². The third-order valence-corrected chi connectivity index (χ3v) is 3.65. The van der Waals surface area contributed by atoms with Crippen LogP contribution in [0.3, 0.4) is 0 Å². The molecule has 0 atom stereocenters. The van der Waals surface area contributed by atoms with E-state index in [1.54, 1.807) is 12.1 Å². The Bertz CT molecular complexity index is 688. The van der Waals surface area contributed by atoms with E-state index in [1.165, 1.54) is 6.20 Å². The van der Waals surface area contributed by atoms with Gasteiger partial charge < -0.3 is 10.2 Å².